The third kappa shape index (κ3) is 3.37. The van der Waals surface area contributed by atoms with Gasteiger partial charge in [0.1, 0.15) is 0 Å². The van der Waals surface area contributed by atoms with E-state index in [0.717, 1.165) is 19.4 Å². The van der Waals surface area contributed by atoms with Gasteiger partial charge in [-0.3, -0.25) is 10.1 Å². The van der Waals surface area contributed by atoms with E-state index < -0.39 is 4.92 Å². The number of rotatable bonds is 2. The number of thiocarbonyl (C=S) groups is 1. The van der Waals surface area contributed by atoms with Crippen molar-refractivity contribution in [3.05, 3.63) is 33.3 Å². The Labute approximate surface area is 128 Å². The molecule has 0 saturated carbocycles. The molecule has 108 valence electrons. The minimum absolute atomic E-state index is 0.00797. The van der Waals surface area contributed by atoms with Crippen molar-refractivity contribution in [2.45, 2.75) is 32.2 Å². The monoisotopic (exact) mass is 313 g/mol. The summed E-state index contributed by atoms with van der Waals surface area (Å²) in [5.41, 5.74) is 0.468. The summed E-state index contributed by atoms with van der Waals surface area (Å²) in [7, 11) is 0. The van der Waals surface area contributed by atoms with E-state index in [0.29, 0.717) is 21.9 Å². The molecule has 7 heteroatoms. The van der Waals surface area contributed by atoms with Crippen LogP contribution < -0.4 is 5.32 Å². The average Bonchev–Trinajstić information content (AvgIpc) is 2.41. The van der Waals surface area contributed by atoms with Crippen molar-refractivity contribution in [2.24, 2.45) is 0 Å². The van der Waals surface area contributed by atoms with Crippen molar-refractivity contribution < 1.29 is 4.92 Å². The van der Waals surface area contributed by atoms with Gasteiger partial charge in [-0.15, -0.1) is 0 Å². The van der Waals surface area contributed by atoms with Gasteiger partial charge >= 0.3 is 0 Å². The molecule has 0 aliphatic carbocycles. The predicted octanol–water partition coefficient (Wildman–Crippen LogP) is 3.82. The maximum absolute atomic E-state index is 10.8. The summed E-state index contributed by atoms with van der Waals surface area (Å²) < 4.78 is 0. The highest BCUT2D eigenvalue weighted by molar-refractivity contribution is 7.80. The molecule has 0 unspecified atom stereocenters. The lowest BCUT2D eigenvalue weighted by Gasteiger charge is -2.35. The first-order valence-corrected chi connectivity index (χ1v) is 7.29. The molecule has 5 nitrogen and oxygen atoms in total. The lowest BCUT2D eigenvalue weighted by molar-refractivity contribution is -0.384. The fraction of sp³-hybridized carbons (Fsp3) is 0.462. The van der Waals surface area contributed by atoms with Crippen LogP contribution in [0, 0.1) is 10.1 Å². The highest BCUT2D eigenvalue weighted by Crippen LogP contribution is 2.27. The normalized spacial score (nSPS) is 18.7. The molecule has 1 atom stereocenters. The minimum atomic E-state index is -0.450. The van der Waals surface area contributed by atoms with Gasteiger partial charge in [-0.1, -0.05) is 11.6 Å². The zero-order valence-electron chi connectivity index (χ0n) is 11.1. The van der Waals surface area contributed by atoms with E-state index in [1.54, 1.807) is 0 Å². The fourth-order valence-electron chi connectivity index (χ4n) is 2.31. The Morgan fingerprint density at radius 1 is 1.55 bits per heavy atom. The topological polar surface area (TPSA) is 58.4 Å². The predicted molar refractivity (Wildman–Crippen MR) is 84.3 cm³/mol. The summed E-state index contributed by atoms with van der Waals surface area (Å²) in [5, 5.41) is 14.8. The van der Waals surface area contributed by atoms with E-state index in [4.69, 9.17) is 23.8 Å². The van der Waals surface area contributed by atoms with Crippen LogP contribution in [-0.2, 0) is 0 Å². The van der Waals surface area contributed by atoms with Crippen LogP contribution in [0.3, 0.4) is 0 Å². The molecule has 1 N–H and O–H groups in total. The maximum atomic E-state index is 10.8. The van der Waals surface area contributed by atoms with E-state index in [2.05, 4.69) is 17.1 Å². The summed E-state index contributed by atoms with van der Waals surface area (Å²) in [6.45, 7) is 3.03. The number of hydrogen-bond acceptors (Lipinski definition) is 3. The zero-order chi connectivity index (χ0) is 14.7. The molecule has 0 radical (unpaired) electrons. The Morgan fingerprint density at radius 3 is 2.95 bits per heavy atom. The molecule has 0 aromatic heterocycles. The van der Waals surface area contributed by atoms with Crippen molar-refractivity contribution in [2.75, 3.05) is 11.9 Å². The van der Waals surface area contributed by atoms with Crippen LogP contribution in [0.1, 0.15) is 26.2 Å². The van der Waals surface area contributed by atoms with Gasteiger partial charge in [-0.25, -0.2) is 0 Å². The quantitative estimate of drug-likeness (QED) is 0.511. The van der Waals surface area contributed by atoms with Gasteiger partial charge in [0, 0.05) is 24.7 Å². The number of nitro groups is 1. The lowest BCUT2D eigenvalue weighted by Crippen LogP contribution is -2.44. The second kappa shape index (κ2) is 6.37. The first-order chi connectivity index (χ1) is 9.49. The molecule has 0 amide bonds. The van der Waals surface area contributed by atoms with E-state index in [1.807, 2.05) is 0 Å². The molecular weight excluding hydrogens is 298 g/mol. The second-order valence-corrected chi connectivity index (χ2v) is 5.68. The van der Waals surface area contributed by atoms with Gasteiger partial charge < -0.3 is 10.2 Å². The Morgan fingerprint density at radius 2 is 2.30 bits per heavy atom. The van der Waals surface area contributed by atoms with E-state index in [9.17, 15) is 10.1 Å². The Hall–Kier alpha value is -1.40. The number of non-ortho nitro benzene ring substituents is 1. The molecule has 1 saturated heterocycles. The number of nitrogens with one attached hydrogen (secondary N) is 1. The Bertz CT molecular complexity index is 538. The summed E-state index contributed by atoms with van der Waals surface area (Å²) in [6.07, 6.45) is 3.41. The zero-order valence-corrected chi connectivity index (χ0v) is 12.7. The highest BCUT2D eigenvalue weighted by atomic mass is 35.5. The Balaban J connectivity index is 2.14. The second-order valence-electron chi connectivity index (χ2n) is 4.89. The van der Waals surface area contributed by atoms with E-state index in [-0.39, 0.29) is 5.69 Å². The molecule has 0 spiro atoms. The summed E-state index contributed by atoms with van der Waals surface area (Å²) in [4.78, 5) is 12.5. The smallest absolute Gasteiger partial charge is 0.271 e. The molecule has 1 aromatic rings. The van der Waals surface area contributed by atoms with Gasteiger partial charge in [-0.2, -0.15) is 0 Å². The molecular formula is C13H16ClN3O2S. The van der Waals surface area contributed by atoms with Crippen LogP contribution in [0.4, 0.5) is 11.4 Å². The van der Waals surface area contributed by atoms with Crippen molar-refractivity contribution >= 4 is 40.3 Å². The van der Waals surface area contributed by atoms with Crippen LogP contribution in [-0.4, -0.2) is 27.5 Å². The van der Waals surface area contributed by atoms with Crippen LogP contribution >= 0.6 is 23.8 Å². The lowest BCUT2D eigenvalue weighted by atomic mass is 10.0. The maximum Gasteiger partial charge on any atom is 0.271 e. The first-order valence-electron chi connectivity index (χ1n) is 6.50. The fourth-order valence-corrected chi connectivity index (χ4v) is 2.86. The van der Waals surface area contributed by atoms with E-state index >= 15 is 0 Å². The SMILES string of the molecule is C[C@@H]1CCCCN1C(=S)Nc1cc([N+](=O)[O-])ccc1Cl. The molecule has 1 fully saturated rings. The number of nitro benzene ring substituents is 1. The number of benzene rings is 1. The summed E-state index contributed by atoms with van der Waals surface area (Å²) in [6, 6.07) is 4.66. The number of piperidine rings is 1. The molecule has 1 aliphatic heterocycles. The third-order valence-corrected chi connectivity index (χ3v) is 4.13. The van der Waals surface area contributed by atoms with E-state index in [1.165, 1.54) is 24.6 Å². The third-order valence-electron chi connectivity index (χ3n) is 3.47. The molecule has 20 heavy (non-hydrogen) atoms. The molecule has 0 bridgehead atoms. The number of hydrogen-bond donors (Lipinski definition) is 1. The molecule has 1 aliphatic rings. The van der Waals surface area contributed by atoms with Gasteiger partial charge in [0.05, 0.1) is 15.6 Å². The molecule has 2 rings (SSSR count). The van der Waals surface area contributed by atoms with Crippen LogP contribution in [0.2, 0.25) is 5.02 Å². The first kappa shape index (κ1) is 15.0. The average molecular weight is 314 g/mol. The van der Waals surface area contributed by atoms with Crippen LogP contribution in [0.5, 0.6) is 0 Å². The number of anilines is 1. The number of halogens is 1. The number of nitrogens with zero attached hydrogens (tertiary/aromatic N) is 2. The largest absolute Gasteiger partial charge is 0.346 e. The van der Waals surface area contributed by atoms with Gasteiger partial charge in [0.15, 0.2) is 5.11 Å². The highest BCUT2D eigenvalue weighted by Gasteiger charge is 2.21. The van der Waals surface area contributed by atoms with Crippen molar-refractivity contribution in [3.63, 3.8) is 0 Å². The molecule has 1 aromatic carbocycles. The van der Waals surface area contributed by atoms with Crippen molar-refractivity contribution in [1.82, 2.24) is 4.90 Å². The van der Waals surface area contributed by atoms with Gasteiger partial charge in [-0.05, 0) is 44.5 Å². The van der Waals surface area contributed by atoms with Crippen molar-refractivity contribution in [3.8, 4) is 0 Å². The Kier molecular flexibility index (Phi) is 4.77. The van der Waals surface area contributed by atoms with Gasteiger partial charge in [0.25, 0.3) is 5.69 Å². The minimum Gasteiger partial charge on any atom is -0.346 e. The summed E-state index contributed by atoms with van der Waals surface area (Å²) >= 11 is 11.4. The van der Waals surface area contributed by atoms with Gasteiger partial charge in [0.2, 0.25) is 0 Å². The number of likely N-dealkylation sites (tertiary alicyclic amines) is 1. The van der Waals surface area contributed by atoms with Crippen LogP contribution in [0.15, 0.2) is 18.2 Å². The van der Waals surface area contributed by atoms with Crippen molar-refractivity contribution in [1.29, 1.82) is 0 Å². The molecule has 1 heterocycles. The van der Waals surface area contributed by atoms with Crippen LogP contribution in [0.25, 0.3) is 0 Å². The standard InChI is InChI=1S/C13H16ClN3O2S/c1-9-4-2-3-7-16(9)13(20)15-12-8-10(17(18)19)5-6-11(12)14/h5-6,8-9H,2-4,7H2,1H3,(H,15,20)/t9-/m1/s1. The summed E-state index contributed by atoms with van der Waals surface area (Å²) in [5.74, 6) is 0.